The van der Waals surface area contributed by atoms with Gasteiger partial charge in [0.25, 0.3) is 0 Å². The van der Waals surface area contributed by atoms with E-state index in [9.17, 15) is 0 Å². The second-order valence-corrected chi connectivity index (χ2v) is 7.92. The normalized spacial score (nSPS) is 14.9. The first-order valence-electron chi connectivity index (χ1n) is 10.5. The minimum Gasteiger partial charge on any atom is -0.256 e. The fraction of sp³-hybridized carbons (Fsp3) is 0.179. The van der Waals surface area contributed by atoms with E-state index >= 15 is 0 Å². The van der Waals surface area contributed by atoms with Gasteiger partial charge >= 0.3 is 0 Å². The van der Waals surface area contributed by atoms with Crippen molar-refractivity contribution in [3.05, 3.63) is 107 Å². The minimum absolute atomic E-state index is 1.08. The zero-order valence-corrected chi connectivity index (χ0v) is 16.9. The molecule has 0 unspecified atom stereocenters. The van der Waals surface area contributed by atoms with Crippen molar-refractivity contribution in [3.8, 4) is 0 Å². The van der Waals surface area contributed by atoms with Crippen LogP contribution in [0.5, 0.6) is 0 Å². The van der Waals surface area contributed by atoms with Gasteiger partial charge in [0.1, 0.15) is 0 Å². The summed E-state index contributed by atoms with van der Waals surface area (Å²) < 4.78 is 0. The Bertz CT molecular complexity index is 1250. The first kappa shape index (κ1) is 17.9. The number of nitrogens with zero attached hydrogens (tertiary/aromatic N) is 1. The molecule has 4 aromatic rings. The lowest BCUT2D eigenvalue weighted by Gasteiger charge is -2.25. The molecule has 0 atom stereocenters. The summed E-state index contributed by atoms with van der Waals surface area (Å²) in [6, 6.07) is 23.6. The Morgan fingerprint density at radius 3 is 2.48 bits per heavy atom. The van der Waals surface area contributed by atoms with Crippen LogP contribution in [-0.4, -0.2) is 4.98 Å². The summed E-state index contributed by atoms with van der Waals surface area (Å²) in [5.74, 6) is 0. The summed E-state index contributed by atoms with van der Waals surface area (Å²) in [6.07, 6.45) is 11.5. The molecule has 0 radical (unpaired) electrons. The highest BCUT2D eigenvalue weighted by molar-refractivity contribution is 5.93. The standard InChI is InChI=1S/C18H16.C10H9N/c1-3-7-15-13(5-1)9-11-18-16-8-4-2-6-14(16)10-12-17(15)18;1-8-6-7-11-10-5-3-2-4-9(8)10/h1,3-5,7-9,11H,2,6,10,12H2;2-7H,1H3. The molecule has 0 saturated heterocycles. The van der Waals surface area contributed by atoms with E-state index in [2.05, 4.69) is 66.5 Å². The molecule has 1 aromatic heterocycles. The molecule has 0 amide bonds. The quantitative estimate of drug-likeness (QED) is 0.311. The Morgan fingerprint density at radius 2 is 1.59 bits per heavy atom. The molecule has 142 valence electrons. The number of allylic oxidation sites excluding steroid dienone is 4. The van der Waals surface area contributed by atoms with Gasteiger partial charge in [0.05, 0.1) is 5.52 Å². The van der Waals surface area contributed by atoms with Gasteiger partial charge in [0.2, 0.25) is 0 Å². The lowest BCUT2D eigenvalue weighted by atomic mass is 9.80. The van der Waals surface area contributed by atoms with Crippen LogP contribution in [0.2, 0.25) is 0 Å². The fourth-order valence-corrected chi connectivity index (χ4v) is 4.62. The molecular formula is C28H25N. The number of aromatic nitrogens is 1. The Kier molecular flexibility index (Phi) is 4.73. The van der Waals surface area contributed by atoms with E-state index in [0.717, 1.165) is 5.52 Å². The fourth-order valence-electron chi connectivity index (χ4n) is 4.62. The summed E-state index contributed by atoms with van der Waals surface area (Å²) in [4.78, 5) is 4.24. The third-order valence-electron chi connectivity index (χ3n) is 6.15. The predicted octanol–water partition coefficient (Wildman–Crippen LogP) is 7.43. The number of aryl methyl sites for hydroxylation is 2. The van der Waals surface area contributed by atoms with Gasteiger partial charge in [-0.25, -0.2) is 0 Å². The molecule has 0 bridgehead atoms. The molecule has 1 nitrogen and oxygen atoms in total. The highest BCUT2D eigenvalue weighted by atomic mass is 14.6. The van der Waals surface area contributed by atoms with Gasteiger partial charge in [-0.15, -0.1) is 0 Å². The first-order valence-corrected chi connectivity index (χ1v) is 10.5. The van der Waals surface area contributed by atoms with Crippen LogP contribution in [0.15, 0.2) is 90.7 Å². The Labute approximate surface area is 172 Å². The van der Waals surface area contributed by atoms with E-state index in [-0.39, 0.29) is 0 Å². The van der Waals surface area contributed by atoms with E-state index < -0.39 is 0 Å². The SMILES string of the molecule is C1=CC2=C(CC1)CCc1c2ccc2ccccc12.Cc1ccnc2ccccc12. The highest BCUT2D eigenvalue weighted by Gasteiger charge is 2.20. The van der Waals surface area contributed by atoms with Crippen molar-refractivity contribution in [1.82, 2.24) is 4.98 Å². The average Bonchev–Trinajstić information content (AvgIpc) is 2.79. The van der Waals surface area contributed by atoms with Crippen molar-refractivity contribution in [2.75, 3.05) is 0 Å². The second kappa shape index (κ2) is 7.67. The number of rotatable bonds is 0. The second-order valence-electron chi connectivity index (χ2n) is 7.92. The number of fused-ring (bicyclic) bond motifs is 5. The number of hydrogen-bond donors (Lipinski definition) is 0. The maximum atomic E-state index is 4.24. The van der Waals surface area contributed by atoms with Crippen molar-refractivity contribution in [3.63, 3.8) is 0 Å². The topological polar surface area (TPSA) is 12.9 Å². The molecule has 0 fully saturated rings. The predicted molar refractivity (Wildman–Crippen MR) is 124 cm³/mol. The zero-order chi connectivity index (χ0) is 19.6. The summed E-state index contributed by atoms with van der Waals surface area (Å²) in [6.45, 7) is 2.10. The van der Waals surface area contributed by atoms with E-state index in [1.165, 1.54) is 58.5 Å². The van der Waals surface area contributed by atoms with Crippen LogP contribution >= 0.6 is 0 Å². The molecule has 0 N–H and O–H groups in total. The van der Waals surface area contributed by atoms with Crippen LogP contribution in [0.25, 0.3) is 27.2 Å². The van der Waals surface area contributed by atoms with Gasteiger partial charge in [0.15, 0.2) is 0 Å². The van der Waals surface area contributed by atoms with E-state index in [1.54, 1.807) is 11.1 Å². The zero-order valence-electron chi connectivity index (χ0n) is 16.9. The molecule has 2 aliphatic carbocycles. The smallest absolute Gasteiger partial charge is 0.0704 e. The van der Waals surface area contributed by atoms with Crippen LogP contribution < -0.4 is 0 Å². The summed E-state index contributed by atoms with van der Waals surface area (Å²) in [7, 11) is 0. The van der Waals surface area contributed by atoms with E-state index in [4.69, 9.17) is 0 Å². The summed E-state index contributed by atoms with van der Waals surface area (Å²) >= 11 is 0. The molecule has 2 aliphatic rings. The van der Waals surface area contributed by atoms with Gasteiger partial charge in [-0.2, -0.15) is 0 Å². The molecule has 0 spiro atoms. The van der Waals surface area contributed by atoms with Crippen molar-refractivity contribution in [2.45, 2.75) is 32.6 Å². The molecule has 3 aromatic carbocycles. The number of benzene rings is 3. The number of para-hydroxylation sites is 1. The molecule has 1 heteroatoms. The van der Waals surface area contributed by atoms with Crippen molar-refractivity contribution >= 4 is 27.2 Å². The molecule has 1 heterocycles. The lowest BCUT2D eigenvalue weighted by molar-refractivity contribution is 0.831. The molecular weight excluding hydrogens is 350 g/mol. The van der Waals surface area contributed by atoms with Crippen LogP contribution in [0.4, 0.5) is 0 Å². The maximum Gasteiger partial charge on any atom is 0.0704 e. The van der Waals surface area contributed by atoms with Crippen LogP contribution in [-0.2, 0) is 6.42 Å². The van der Waals surface area contributed by atoms with Gasteiger partial charge in [-0.3, -0.25) is 4.98 Å². The van der Waals surface area contributed by atoms with Gasteiger partial charge in [-0.1, -0.05) is 72.3 Å². The van der Waals surface area contributed by atoms with Gasteiger partial charge < -0.3 is 0 Å². The van der Waals surface area contributed by atoms with Crippen molar-refractivity contribution in [2.24, 2.45) is 0 Å². The molecule has 0 aliphatic heterocycles. The van der Waals surface area contributed by atoms with Crippen LogP contribution in [0.3, 0.4) is 0 Å². The molecule has 6 rings (SSSR count). The Morgan fingerprint density at radius 1 is 0.759 bits per heavy atom. The number of pyridine rings is 1. The van der Waals surface area contributed by atoms with Crippen LogP contribution in [0.1, 0.15) is 36.0 Å². The maximum absolute atomic E-state index is 4.24. The average molecular weight is 376 g/mol. The Balaban J connectivity index is 0.000000142. The summed E-state index contributed by atoms with van der Waals surface area (Å²) in [5.41, 5.74) is 8.57. The van der Waals surface area contributed by atoms with Crippen molar-refractivity contribution in [1.29, 1.82) is 0 Å². The minimum atomic E-state index is 1.08. The number of hydrogen-bond acceptors (Lipinski definition) is 1. The van der Waals surface area contributed by atoms with E-state index in [0.29, 0.717) is 0 Å². The monoisotopic (exact) mass is 375 g/mol. The first-order chi connectivity index (χ1) is 14.3. The molecule has 0 saturated carbocycles. The summed E-state index contributed by atoms with van der Waals surface area (Å²) in [5, 5.41) is 4.07. The Hall–Kier alpha value is -3.19. The third-order valence-corrected chi connectivity index (χ3v) is 6.15. The lowest BCUT2D eigenvalue weighted by Crippen LogP contribution is -2.06. The van der Waals surface area contributed by atoms with Gasteiger partial charge in [0, 0.05) is 11.6 Å². The third kappa shape index (κ3) is 3.38. The largest absolute Gasteiger partial charge is 0.256 e. The highest BCUT2D eigenvalue weighted by Crippen LogP contribution is 2.39. The van der Waals surface area contributed by atoms with Gasteiger partial charge in [-0.05, 0) is 77.8 Å². The van der Waals surface area contributed by atoms with E-state index in [1.807, 2.05) is 30.5 Å². The van der Waals surface area contributed by atoms with Crippen molar-refractivity contribution < 1.29 is 0 Å². The molecule has 29 heavy (non-hydrogen) atoms. The van der Waals surface area contributed by atoms with Crippen LogP contribution in [0, 0.1) is 6.92 Å².